The van der Waals surface area contributed by atoms with Crippen LogP contribution in [-0.2, 0) is 9.53 Å². The molecule has 158 valence electrons. The minimum absolute atomic E-state index is 0.0103. The smallest absolute Gasteiger partial charge is 0.325 e. The first kappa shape index (κ1) is 20.4. The van der Waals surface area contributed by atoms with Gasteiger partial charge in [-0.2, -0.15) is 0 Å². The fraction of sp³-hybridized carbons (Fsp3) is 0.174. The largest absolute Gasteiger partial charge is 0.468 e. The zero-order valence-electron chi connectivity index (χ0n) is 17.1. The molecule has 0 radical (unpaired) electrons. The van der Waals surface area contributed by atoms with Crippen molar-refractivity contribution in [3.8, 4) is 11.3 Å². The average Bonchev–Trinajstić information content (AvgIpc) is 3.18. The van der Waals surface area contributed by atoms with Gasteiger partial charge in [0.05, 0.1) is 7.11 Å². The highest BCUT2D eigenvalue weighted by atomic mass is 16.5. The molecule has 31 heavy (non-hydrogen) atoms. The number of aromatic nitrogens is 2. The van der Waals surface area contributed by atoms with Crippen LogP contribution in [0.3, 0.4) is 0 Å². The van der Waals surface area contributed by atoms with E-state index in [0.29, 0.717) is 35.8 Å². The zero-order chi connectivity index (χ0) is 21.8. The van der Waals surface area contributed by atoms with Gasteiger partial charge in [-0.15, -0.1) is 0 Å². The number of ether oxygens (including phenoxy) is 1. The molecular formula is C23H23N5O3. The Balaban J connectivity index is 1.80. The Kier molecular flexibility index (Phi) is 5.81. The van der Waals surface area contributed by atoms with E-state index >= 15 is 0 Å². The number of esters is 1. The number of benzene rings is 2. The first-order valence-electron chi connectivity index (χ1n) is 9.91. The molecule has 0 spiro atoms. The number of nitrogens with zero attached hydrogens (tertiary/aromatic N) is 2. The summed E-state index contributed by atoms with van der Waals surface area (Å²) in [5.74, 6) is 0.0362. The van der Waals surface area contributed by atoms with Gasteiger partial charge in [0.2, 0.25) is 0 Å². The lowest BCUT2D eigenvalue weighted by Gasteiger charge is -2.09. The standard InChI is InChI=1S/C23H23N5O3/c1-31-20(29)14-26-22-21(17-7-6-15-4-2-3-5-16(15)12-17)27-19-13-18(8-11-28(19)22)23(30)25-10-9-24/h2-8,11-13,26H,9-10,14,24H2,1H3,(H,25,30). The second kappa shape index (κ2) is 8.85. The van der Waals surface area contributed by atoms with Crippen LogP contribution in [-0.4, -0.2) is 48.0 Å². The van der Waals surface area contributed by atoms with E-state index in [2.05, 4.69) is 16.7 Å². The third-order valence-electron chi connectivity index (χ3n) is 4.97. The molecular weight excluding hydrogens is 394 g/mol. The molecule has 0 aliphatic heterocycles. The molecule has 8 nitrogen and oxygen atoms in total. The molecule has 0 atom stereocenters. The molecule has 0 saturated heterocycles. The van der Waals surface area contributed by atoms with Crippen LogP contribution in [0.1, 0.15) is 10.4 Å². The van der Waals surface area contributed by atoms with Crippen LogP contribution in [0.2, 0.25) is 0 Å². The monoisotopic (exact) mass is 417 g/mol. The van der Waals surface area contributed by atoms with Gasteiger partial charge in [0.15, 0.2) is 0 Å². The van der Waals surface area contributed by atoms with E-state index in [-0.39, 0.29) is 12.5 Å². The summed E-state index contributed by atoms with van der Waals surface area (Å²) < 4.78 is 6.57. The summed E-state index contributed by atoms with van der Waals surface area (Å²) in [6.45, 7) is 0.751. The van der Waals surface area contributed by atoms with Crippen LogP contribution in [0.4, 0.5) is 5.82 Å². The van der Waals surface area contributed by atoms with Crippen molar-refractivity contribution < 1.29 is 14.3 Å². The molecule has 4 N–H and O–H groups in total. The van der Waals surface area contributed by atoms with Crippen molar-refractivity contribution in [1.29, 1.82) is 0 Å². The van der Waals surface area contributed by atoms with Crippen molar-refractivity contribution >= 4 is 34.1 Å². The quantitative estimate of drug-likeness (QED) is 0.398. The Morgan fingerprint density at radius 2 is 1.90 bits per heavy atom. The fourth-order valence-electron chi connectivity index (χ4n) is 3.41. The number of amides is 1. The molecule has 4 aromatic rings. The topological polar surface area (TPSA) is 111 Å². The van der Waals surface area contributed by atoms with Gasteiger partial charge in [0.25, 0.3) is 5.91 Å². The number of hydrogen-bond acceptors (Lipinski definition) is 6. The van der Waals surface area contributed by atoms with Gasteiger partial charge in [-0.05, 0) is 29.0 Å². The maximum absolute atomic E-state index is 12.3. The second-order valence-corrected chi connectivity index (χ2v) is 6.99. The van der Waals surface area contributed by atoms with Gasteiger partial charge >= 0.3 is 5.97 Å². The SMILES string of the molecule is COC(=O)CNc1c(-c2ccc3ccccc3c2)nc2cc(C(=O)NCCN)ccn12. The molecule has 0 bridgehead atoms. The second-order valence-electron chi connectivity index (χ2n) is 6.99. The van der Waals surface area contributed by atoms with E-state index in [1.54, 1.807) is 18.3 Å². The maximum atomic E-state index is 12.3. The number of fused-ring (bicyclic) bond motifs is 2. The lowest BCUT2D eigenvalue weighted by Crippen LogP contribution is -2.29. The molecule has 8 heteroatoms. The van der Waals surface area contributed by atoms with Crippen molar-refractivity contribution in [3.63, 3.8) is 0 Å². The van der Waals surface area contributed by atoms with Crippen LogP contribution in [0.25, 0.3) is 27.7 Å². The molecule has 2 heterocycles. The number of anilines is 1. The summed E-state index contributed by atoms with van der Waals surface area (Å²) in [4.78, 5) is 28.8. The van der Waals surface area contributed by atoms with Crippen molar-refractivity contribution in [3.05, 3.63) is 66.4 Å². The van der Waals surface area contributed by atoms with Gasteiger partial charge in [0.1, 0.15) is 23.7 Å². The summed E-state index contributed by atoms with van der Waals surface area (Å²) in [7, 11) is 1.34. The number of pyridine rings is 1. The van der Waals surface area contributed by atoms with E-state index in [9.17, 15) is 9.59 Å². The van der Waals surface area contributed by atoms with Crippen LogP contribution >= 0.6 is 0 Å². The average molecular weight is 417 g/mol. The molecule has 1 amide bonds. The number of methoxy groups -OCH3 is 1. The zero-order valence-corrected chi connectivity index (χ0v) is 17.1. The van der Waals surface area contributed by atoms with Crippen molar-refractivity contribution in [1.82, 2.24) is 14.7 Å². The number of imidazole rings is 1. The summed E-state index contributed by atoms with van der Waals surface area (Å²) in [6.07, 6.45) is 1.75. The van der Waals surface area contributed by atoms with Crippen LogP contribution < -0.4 is 16.4 Å². The lowest BCUT2D eigenvalue weighted by atomic mass is 10.1. The van der Waals surface area contributed by atoms with E-state index in [4.69, 9.17) is 15.5 Å². The van der Waals surface area contributed by atoms with E-state index in [1.807, 2.05) is 40.8 Å². The number of rotatable bonds is 7. The molecule has 0 aliphatic carbocycles. The highest BCUT2D eigenvalue weighted by molar-refractivity contribution is 5.96. The Bertz CT molecular complexity index is 1260. The number of carbonyl (C=O) groups excluding carboxylic acids is 2. The summed E-state index contributed by atoms with van der Waals surface area (Å²) in [6, 6.07) is 17.5. The Hall–Kier alpha value is -3.91. The number of hydrogen-bond donors (Lipinski definition) is 3. The third kappa shape index (κ3) is 4.19. The Morgan fingerprint density at radius 1 is 1.10 bits per heavy atom. The Labute approximate surface area is 179 Å². The van der Waals surface area contributed by atoms with E-state index < -0.39 is 5.97 Å². The first-order chi connectivity index (χ1) is 15.1. The summed E-state index contributed by atoms with van der Waals surface area (Å²) >= 11 is 0. The number of carbonyl (C=O) groups is 2. The van der Waals surface area contributed by atoms with Gasteiger partial charge < -0.3 is 21.1 Å². The van der Waals surface area contributed by atoms with Crippen LogP contribution in [0, 0.1) is 0 Å². The predicted molar refractivity (Wildman–Crippen MR) is 120 cm³/mol. The normalized spacial score (nSPS) is 10.9. The molecule has 4 rings (SSSR count). The van der Waals surface area contributed by atoms with Crippen molar-refractivity contribution in [2.75, 3.05) is 32.1 Å². The molecule has 2 aromatic heterocycles. The third-order valence-corrected chi connectivity index (χ3v) is 4.97. The molecule has 0 saturated carbocycles. The van der Waals surface area contributed by atoms with Crippen molar-refractivity contribution in [2.45, 2.75) is 0 Å². The van der Waals surface area contributed by atoms with Gasteiger partial charge in [-0.3, -0.25) is 14.0 Å². The van der Waals surface area contributed by atoms with Gasteiger partial charge in [0, 0.05) is 30.4 Å². The van der Waals surface area contributed by atoms with Crippen molar-refractivity contribution in [2.24, 2.45) is 5.73 Å². The highest BCUT2D eigenvalue weighted by Gasteiger charge is 2.17. The summed E-state index contributed by atoms with van der Waals surface area (Å²) in [5, 5.41) is 8.09. The highest BCUT2D eigenvalue weighted by Crippen LogP contribution is 2.31. The maximum Gasteiger partial charge on any atom is 0.325 e. The minimum atomic E-state index is -0.391. The molecule has 0 fully saturated rings. The molecule has 0 aliphatic rings. The van der Waals surface area contributed by atoms with Gasteiger partial charge in [-0.1, -0.05) is 36.4 Å². The molecule has 2 aromatic carbocycles. The lowest BCUT2D eigenvalue weighted by molar-refractivity contribution is -0.138. The summed E-state index contributed by atoms with van der Waals surface area (Å²) in [5.41, 5.74) is 8.09. The molecule has 0 unspecified atom stereocenters. The van der Waals surface area contributed by atoms with Crippen LogP contribution in [0.15, 0.2) is 60.8 Å². The van der Waals surface area contributed by atoms with E-state index in [1.165, 1.54) is 7.11 Å². The fourth-order valence-corrected chi connectivity index (χ4v) is 3.41. The number of nitrogens with two attached hydrogens (primary N) is 1. The van der Waals surface area contributed by atoms with Gasteiger partial charge in [-0.25, -0.2) is 4.98 Å². The number of nitrogens with one attached hydrogen (secondary N) is 2. The van der Waals surface area contributed by atoms with E-state index in [0.717, 1.165) is 16.3 Å². The first-order valence-corrected chi connectivity index (χ1v) is 9.91. The van der Waals surface area contributed by atoms with Crippen LogP contribution in [0.5, 0.6) is 0 Å². The Morgan fingerprint density at radius 3 is 2.68 bits per heavy atom. The minimum Gasteiger partial charge on any atom is -0.468 e. The predicted octanol–water partition coefficient (Wildman–Crippen LogP) is 2.43.